The first-order valence-electron chi connectivity index (χ1n) is 5.97. The Morgan fingerprint density at radius 1 is 1.35 bits per heavy atom. The highest BCUT2D eigenvalue weighted by Gasteiger charge is 2.10. The summed E-state index contributed by atoms with van der Waals surface area (Å²) in [6.07, 6.45) is 0. The number of pyridine rings is 1. The van der Waals surface area contributed by atoms with Gasteiger partial charge in [-0.25, -0.2) is 9.78 Å². The summed E-state index contributed by atoms with van der Waals surface area (Å²) in [4.78, 5) is 26.5. The fourth-order valence-electron chi connectivity index (χ4n) is 1.78. The van der Waals surface area contributed by atoms with Crippen molar-refractivity contribution in [1.82, 2.24) is 14.8 Å². The predicted octanol–water partition coefficient (Wildman–Crippen LogP) is 1.23. The van der Waals surface area contributed by atoms with E-state index >= 15 is 0 Å². The lowest BCUT2D eigenvalue weighted by Gasteiger charge is -2.06. The van der Waals surface area contributed by atoms with Gasteiger partial charge in [-0.15, -0.1) is 0 Å². The summed E-state index contributed by atoms with van der Waals surface area (Å²) >= 11 is 0. The zero-order valence-electron chi connectivity index (χ0n) is 11.1. The molecule has 2 N–H and O–H groups in total. The highest BCUT2D eigenvalue weighted by atomic mass is 16.4. The molecule has 0 saturated carbocycles. The lowest BCUT2D eigenvalue weighted by Crippen LogP contribution is -2.21. The van der Waals surface area contributed by atoms with E-state index in [9.17, 15) is 9.59 Å². The second-order valence-corrected chi connectivity index (χ2v) is 4.35. The Morgan fingerprint density at radius 3 is 2.70 bits per heavy atom. The molecular formula is C13H14N4O3. The molecule has 2 heterocycles. The number of hydrogen-bond acceptors (Lipinski definition) is 4. The maximum atomic E-state index is 11.9. The molecule has 104 valence electrons. The molecule has 0 spiro atoms. The molecule has 0 atom stereocenters. The number of aryl methyl sites for hydroxylation is 2. The van der Waals surface area contributed by atoms with Crippen LogP contribution in [0, 0.1) is 13.8 Å². The minimum absolute atomic E-state index is 0.0542. The van der Waals surface area contributed by atoms with E-state index in [2.05, 4.69) is 15.4 Å². The van der Waals surface area contributed by atoms with Crippen molar-refractivity contribution in [3.05, 3.63) is 41.3 Å². The number of carboxylic acid groups (broad SMARTS) is 1. The first-order chi connectivity index (χ1) is 9.45. The SMILES string of the molecule is Cc1cc(C)n(CC(=O)Nc2cccc(C(=O)O)n2)n1. The molecule has 0 fully saturated rings. The van der Waals surface area contributed by atoms with Crippen molar-refractivity contribution in [3.63, 3.8) is 0 Å². The van der Waals surface area contributed by atoms with Crippen LogP contribution >= 0.6 is 0 Å². The standard InChI is InChI=1S/C13H14N4O3/c1-8-6-9(2)17(16-8)7-12(18)15-11-5-3-4-10(14-11)13(19)20/h3-6H,7H2,1-2H3,(H,19,20)(H,14,15,18). The monoisotopic (exact) mass is 274 g/mol. The van der Waals surface area contributed by atoms with Gasteiger partial charge < -0.3 is 10.4 Å². The fraction of sp³-hybridized carbons (Fsp3) is 0.231. The van der Waals surface area contributed by atoms with Gasteiger partial charge >= 0.3 is 5.97 Å². The predicted molar refractivity (Wildman–Crippen MR) is 71.5 cm³/mol. The molecule has 0 aromatic carbocycles. The van der Waals surface area contributed by atoms with Gasteiger partial charge in [0.1, 0.15) is 12.4 Å². The van der Waals surface area contributed by atoms with Crippen molar-refractivity contribution in [2.24, 2.45) is 0 Å². The van der Waals surface area contributed by atoms with Crippen molar-refractivity contribution < 1.29 is 14.7 Å². The van der Waals surface area contributed by atoms with Crippen LogP contribution in [0.3, 0.4) is 0 Å². The highest BCUT2D eigenvalue weighted by molar-refractivity contribution is 5.91. The number of carbonyl (C=O) groups excluding carboxylic acids is 1. The minimum atomic E-state index is -1.14. The van der Waals surface area contributed by atoms with Gasteiger partial charge in [-0.05, 0) is 32.0 Å². The molecule has 7 nitrogen and oxygen atoms in total. The maximum Gasteiger partial charge on any atom is 0.354 e. The zero-order chi connectivity index (χ0) is 14.7. The van der Waals surface area contributed by atoms with Gasteiger partial charge in [0.15, 0.2) is 5.69 Å². The quantitative estimate of drug-likeness (QED) is 0.874. The van der Waals surface area contributed by atoms with Crippen LogP contribution in [0.2, 0.25) is 0 Å². The molecule has 0 radical (unpaired) electrons. The van der Waals surface area contributed by atoms with E-state index in [4.69, 9.17) is 5.11 Å². The molecule has 0 aliphatic carbocycles. The maximum absolute atomic E-state index is 11.9. The lowest BCUT2D eigenvalue weighted by atomic mass is 10.3. The first kappa shape index (κ1) is 13.7. The molecule has 2 aromatic heterocycles. The minimum Gasteiger partial charge on any atom is -0.477 e. The average Bonchev–Trinajstić information content (AvgIpc) is 2.67. The van der Waals surface area contributed by atoms with Crippen LogP contribution in [0.5, 0.6) is 0 Å². The summed E-state index contributed by atoms with van der Waals surface area (Å²) in [5, 5.41) is 15.6. The van der Waals surface area contributed by atoms with Gasteiger partial charge in [-0.2, -0.15) is 5.10 Å². The van der Waals surface area contributed by atoms with Crippen molar-refractivity contribution in [1.29, 1.82) is 0 Å². The van der Waals surface area contributed by atoms with Crippen LogP contribution in [0.1, 0.15) is 21.9 Å². The van der Waals surface area contributed by atoms with Gasteiger partial charge in [-0.3, -0.25) is 9.48 Å². The van der Waals surface area contributed by atoms with E-state index in [0.29, 0.717) is 0 Å². The van der Waals surface area contributed by atoms with Gasteiger partial charge in [0.05, 0.1) is 5.69 Å². The third-order valence-corrected chi connectivity index (χ3v) is 2.63. The van der Waals surface area contributed by atoms with Crippen LogP contribution in [-0.4, -0.2) is 31.7 Å². The number of aromatic carboxylic acids is 1. The zero-order valence-corrected chi connectivity index (χ0v) is 11.1. The Kier molecular flexibility index (Phi) is 3.79. The molecule has 0 bridgehead atoms. The highest BCUT2D eigenvalue weighted by Crippen LogP contribution is 2.06. The molecule has 0 saturated heterocycles. The van der Waals surface area contributed by atoms with E-state index in [-0.39, 0.29) is 24.0 Å². The Bertz CT molecular complexity index is 663. The Labute approximate surface area is 115 Å². The molecule has 2 rings (SSSR count). The van der Waals surface area contributed by atoms with E-state index in [1.807, 2.05) is 19.9 Å². The molecule has 0 aliphatic rings. The van der Waals surface area contributed by atoms with Crippen LogP contribution in [0.4, 0.5) is 5.82 Å². The van der Waals surface area contributed by atoms with E-state index in [1.165, 1.54) is 18.2 Å². The molecule has 2 aromatic rings. The second kappa shape index (κ2) is 5.52. The summed E-state index contributed by atoms with van der Waals surface area (Å²) < 4.78 is 1.58. The summed E-state index contributed by atoms with van der Waals surface area (Å²) in [5.74, 6) is -1.25. The smallest absolute Gasteiger partial charge is 0.354 e. The normalized spacial score (nSPS) is 10.3. The number of aromatic nitrogens is 3. The lowest BCUT2D eigenvalue weighted by molar-refractivity contribution is -0.117. The molecule has 0 unspecified atom stereocenters. The number of hydrogen-bond donors (Lipinski definition) is 2. The third-order valence-electron chi connectivity index (χ3n) is 2.63. The number of anilines is 1. The van der Waals surface area contributed by atoms with Crippen molar-refractivity contribution >= 4 is 17.7 Å². The van der Waals surface area contributed by atoms with Crippen molar-refractivity contribution in [2.75, 3.05) is 5.32 Å². The Morgan fingerprint density at radius 2 is 2.10 bits per heavy atom. The fourth-order valence-corrected chi connectivity index (χ4v) is 1.78. The van der Waals surface area contributed by atoms with Crippen molar-refractivity contribution in [3.8, 4) is 0 Å². The molecule has 20 heavy (non-hydrogen) atoms. The number of rotatable bonds is 4. The largest absolute Gasteiger partial charge is 0.477 e. The van der Waals surface area contributed by atoms with E-state index in [1.54, 1.807) is 4.68 Å². The molecular weight excluding hydrogens is 260 g/mol. The molecule has 7 heteroatoms. The van der Waals surface area contributed by atoms with E-state index < -0.39 is 5.97 Å². The van der Waals surface area contributed by atoms with Gasteiger partial charge in [0.25, 0.3) is 0 Å². The van der Waals surface area contributed by atoms with Crippen LogP contribution in [0.25, 0.3) is 0 Å². The summed E-state index contributed by atoms with van der Waals surface area (Å²) in [7, 11) is 0. The first-order valence-corrected chi connectivity index (χ1v) is 5.97. The van der Waals surface area contributed by atoms with Gasteiger partial charge in [0, 0.05) is 5.69 Å². The van der Waals surface area contributed by atoms with Crippen LogP contribution in [-0.2, 0) is 11.3 Å². The average molecular weight is 274 g/mol. The van der Waals surface area contributed by atoms with Crippen LogP contribution < -0.4 is 5.32 Å². The number of amides is 1. The van der Waals surface area contributed by atoms with Gasteiger partial charge in [0.2, 0.25) is 5.91 Å². The summed E-state index contributed by atoms with van der Waals surface area (Å²) in [6.45, 7) is 3.76. The molecule has 0 aliphatic heterocycles. The van der Waals surface area contributed by atoms with E-state index in [0.717, 1.165) is 11.4 Å². The van der Waals surface area contributed by atoms with Crippen LogP contribution in [0.15, 0.2) is 24.3 Å². The topological polar surface area (TPSA) is 97.1 Å². The van der Waals surface area contributed by atoms with Crippen molar-refractivity contribution in [2.45, 2.75) is 20.4 Å². The number of nitrogens with one attached hydrogen (secondary N) is 1. The second-order valence-electron chi connectivity index (χ2n) is 4.35. The van der Waals surface area contributed by atoms with Gasteiger partial charge in [-0.1, -0.05) is 6.07 Å². The Hall–Kier alpha value is -2.70. The number of carbonyl (C=O) groups is 2. The third kappa shape index (κ3) is 3.19. The summed E-state index contributed by atoms with van der Waals surface area (Å²) in [5.41, 5.74) is 1.60. The summed E-state index contributed by atoms with van der Waals surface area (Å²) in [6, 6.07) is 6.29. The molecule has 1 amide bonds. The number of carboxylic acids is 1. The Balaban J connectivity index is 2.06. The number of nitrogens with zero attached hydrogens (tertiary/aromatic N) is 3.